The van der Waals surface area contributed by atoms with Crippen molar-refractivity contribution in [2.24, 2.45) is 0 Å². The first-order valence-corrected chi connectivity index (χ1v) is 10.5. The summed E-state index contributed by atoms with van der Waals surface area (Å²) in [5.74, 6) is 0.893. The fourth-order valence-corrected chi connectivity index (χ4v) is 3.68. The highest BCUT2D eigenvalue weighted by Crippen LogP contribution is 2.31. The number of nitrogens with zero attached hydrogens (tertiary/aromatic N) is 2. The third kappa shape index (κ3) is 5.64. The largest absolute Gasteiger partial charge is 0.483 e. The molecule has 29 heavy (non-hydrogen) atoms. The summed E-state index contributed by atoms with van der Waals surface area (Å²) in [6, 6.07) is 11.8. The number of rotatable bonds is 6. The van der Waals surface area contributed by atoms with Crippen LogP contribution in [0.5, 0.6) is 5.75 Å². The molecule has 0 aromatic heterocycles. The van der Waals surface area contributed by atoms with Gasteiger partial charge in [-0.3, -0.25) is 4.79 Å². The second-order valence-corrected chi connectivity index (χ2v) is 8.42. The Balaban J connectivity index is 1.70. The monoisotopic (exact) mass is 415 g/mol. The van der Waals surface area contributed by atoms with Crippen LogP contribution in [0.1, 0.15) is 30.9 Å². The number of piperazine rings is 1. The number of carbonyl (C=O) groups is 1. The highest BCUT2D eigenvalue weighted by Gasteiger charge is 2.19. The highest BCUT2D eigenvalue weighted by molar-refractivity contribution is 6.31. The fraction of sp³-hybridized carbons (Fsp3) is 0.435. The van der Waals surface area contributed by atoms with Crippen LogP contribution in [0.4, 0.5) is 11.4 Å². The molecule has 1 amide bonds. The van der Waals surface area contributed by atoms with Crippen molar-refractivity contribution in [2.45, 2.75) is 26.7 Å². The van der Waals surface area contributed by atoms with Gasteiger partial charge in [-0.15, -0.1) is 0 Å². The van der Waals surface area contributed by atoms with E-state index in [1.54, 1.807) is 6.07 Å². The van der Waals surface area contributed by atoms with E-state index in [0.29, 0.717) is 10.9 Å². The number of hydrogen-bond acceptors (Lipinski definition) is 4. The third-order valence-electron chi connectivity index (χ3n) is 5.23. The van der Waals surface area contributed by atoms with E-state index in [9.17, 15) is 4.79 Å². The number of carbonyl (C=O) groups excluding carboxylic acids is 1. The molecular weight excluding hydrogens is 386 g/mol. The fourth-order valence-electron chi connectivity index (χ4n) is 3.50. The van der Waals surface area contributed by atoms with Gasteiger partial charge in [-0.05, 0) is 55.3 Å². The first-order chi connectivity index (χ1) is 13.8. The molecule has 1 N–H and O–H groups in total. The molecule has 1 heterocycles. The quantitative estimate of drug-likeness (QED) is 0.752. The van der Waals surface area contributed by atoms with Crippen LogP contribution in [0.3, 0.4) is 0 Å². The van der Waals surface area contributed by atoms with Gasteiger partial charge in [-0.1, -0.05) is 37.6 Å². The minimum atomic E-state index is -0.196. The predicted octanol–water partition coefficient (Wildman–Crippen LogP) is 4.54. The van der Waals surface area contributed by atoms with Gasteiger partial charge in [0.1, 0.15) is 5.75 Å². The SMILES string of the molecule is Cc1ccc(C(C)C)c(OCC(=O)Nc2cc(Cl)ccc2N2CCN(C)CC2)c1. The van der Waals surface area contributed by atoms with Gasteiger partial charge < -0.3 is 19.9 Å². The van der Waals surface area contributed by atoms with Crippen molar-refractivity contribution >= 4 is 28.9 Å². The molecule has 0 bridgehead atoms. The molecule has 2 aromatic carbocycles. The molecule has 0 atom stereocenters. The molecule has 5 nitrogen and oxygen atoms in total. The first-order valence-electron chi connectivity index (χ1n) is 10.1. The molecule has 0 radical (unpaired) electrons. The molecule has 2 aromatic rings. The van der Waals surface area contributed by atoms with Crippen LogP contribution in [0.25, 0.3) is 0 Å². The average Bonchev–Trinajstić information content (AvgIpc) is 2.67. The topological polar surface area (TPSA) is 44.8 Å². The summed E-state index contributed by atoms with van der Waals surface area (Å²) in [6.07, 6.45) is 0. The second-order valence-electron chi connectivity index (χ2n) is 7.98. The standard InChI is InChI=1S/C23H30ClN3O2/c1-16(2)19-7-5-17(3)13-22(19)29-15-23(28)25-20-14-18(24)6-8-21(20)27-11-9-26(4)10-12-27/h5-8,13-14,16H,9-12,15H2,1-4H3,(H,25,28). The smallest absolute Gasteiger partial charge is 0.262 e. The van der Waals surface area contributed by atoms with Crippen LogP contribution >= 0.6 is 11.6 Å². The molecule has 1 saturated heterocycles. The maximum atomic E-state index is 12.6. The third-order valence-corrected chi connectivity index (χ3v) is 5.46. The lowest BCUT2D eigenvalue weighted by Crippen LogP contribution is -2.44. The maximum absolute atomic E-state index is 12.6. The van der Waals surface area contributed by atoms with Gasteiger partial charge in [-0.25, -0.2) is 0 Å². The summed E-state index contributed by atoms with van der Waals surface area (Å²) in [7, 11) is 2.12. The molecule has 3 rings (SSSR count). The molecule has 0 spiro atoms. The summed E-state index contributed by atoms with van der Waals surface area (Å²) < 4.78 is 5.88. The molecule has 0 unspecified atom stereocenters. The van der Waals surface area contributed by atoms with Crippen LogP contribution in [0.2, 0.25) is 5.02 Å². The van der Waals surface area contributed by atoms with E-state index in [1.807, 2.05) is 25.1 Å². The van der Waals surface area contributed by atoms with Crippen molar-refractivity contribution in [1.82, 2.24) is 4.90 Å². The number of benzene rings is 2. The number of nitrogens with one attached hydrogen (secondary N) is 1. The van der Waals surface area contributed by atoms with Crippen molar-refractivity contribution in [3.05, 3.63) is 52.5 Å². The van der Waals surface area contributed by atoms with Gasteiger partial charge >= 0.3 is 0 Å². The van der Waals surface area contributed by atoms with Crippen molar-refractivity contribution < 1.29 is 9.53 Å². The second kappa shape index (κ2) is 9.51. The Morgan fingerprint density at radius 1 is 1.14 bits per heavy atom. The Morgan fingerprint density at radius 2 is 1.86 bits per heavy atom. The van der Waals surface area contributed by atoms with E-state index in [1.165, 1.54) is 0 Å². The maximum Gasteiger partial charge on any atom is 0.262 e. The van der Waals surface area contributed by atoms with Gasteiger partial charge in [0.25, 0.3) is 5.91 Å². The van der Waals surface area contributed by atoms with Crippen LogP contribution in [-0.2, 0) is 4.79 Å². The zero-order valence-corrected chi connectivity index (χ0v) is 18.4. The number of anilines is 2. The minimum Gasteiger partial charge on any atom is -0.483 e. The van der Waals surface area contributed by atoms with Crippen molar-refractivity contribution in [2.75, 3.05) is 50.1 Å². The summed E-state index contributed by atoms with van der Waals surface area (Å²) >= 11 is 6.20. The lowest BCUT2D eigenvalue weighted by Gasteiger charge is -2.35. The molecule has 6 heteroatoms. The summed E-state index contributed by atoms with van der Waals surface area (Å²) in [6.45, 7) is 10.0. The van der Waals surface area contributed by atoms with Crippen LogP contribution in [0.15, 0.2) is 36.4 Å². The van der Waals surface area contributed by atoms with Gasteiger partial charge in [0.15, 0.2) is 6.61 Å². The predicted molar refractivity (Wildman–Crippen MR) is 121 cm³/mol. The summed E-state index contributed by atoms with van der Waals surface area (Å²) in [5, 5.41) is 3.59. The van der Waals surface area contributed by atoms with E-state index < -0.39 is 0 Å². The first kappa shape index (κ1) is 21.5. The van der Waals surface area contributed by atoms with E-state index in [4.69, 9.17) is 16.3 Å². The number of ether oxygens (including phenoxy) is 1. The Morgan fingerprint density at radius 3 is 2.55 bits per heavy atom. The molecular formula is C23H30ClN3O2. The molecule has 1 aliphatic rings. The van der Waals surface area contributed by atoms with Gasteiger partial charge in [0.2, 0.25) is 0 Å². The van der Waals surface area contributed by atoms with E-state index in [0.717, 1.165) is 54.4 Å². The Kier molecular flexibility index (Phi) is 7.04. The molecule has 0 saturated carbocycles. The van der Waals surface area contributed by atoms with Gasteiger partial charge in [0.05, 0.1) is 11.4 Å². The molecule has 1 fully saturated rings. The lowest BCUT2D eigenvalue weighted by molar-refractivity contribution is -0.118. The summed E-state index contributed by atoms with van der Waals surface area (Å²) in [4.78, 5) is 17.2. The summed E-state index contributed by atoms with van der Waals surface area (Å²) in [5.41, 5.74) is 3.93. The molecule has 156 valence electrons. The normalized spacial score (nSPS) is 14.9. The van der Waals surface area contributed by atoms with Gasteiger partial charge in [-0.2, -0.15) is 0 Å². The van der Waals surface area contributed by atoms with Crippen LogP contribution in [-0.4, -0.2) is 50.6 Å². The molecule has 1 aliphatic heterocycles. The van der Waals surface area contributed by atoms with Crippen LogP contribution < -0.4 is 15.0 Å². The van der Waals surface area contributed by atoms with E-state index >= 15 is 0 Å². The number of aryl methyl sites for hydroxylation is 1. The average molecular weight is 416 g/mol. The van der Waals surface area contributed by atoms with Crippen molar-refractivity contribution in [3.63, 3.8) is 0 Å². The van der Waals surface area contributed by atoms with E-state index in [-0.39, 0.29) is 12.5 Å². The highest BCUT2D eigenvalue weighted by atomic mass is 35.5. The zero-order valence-electron chi connectivity index (χ0n) is 17.7. The zero-order chi connectivity index (χ0) is 21.0. The number of likely N-dealkylation sites (N-methyl/N-ethyl adjacent to an activating group) is 1. The lowest BCUT2D eigenvalue weighted by atomic mass is 10.0. The molecule has 0 aliphatic carbocycles. The Bertz CT molecular complexity index is 861. The Hall–Kier alpha value is -2.24. The van der Waals surface area contributed by atoms with Crippen LogP contribution in [0, 0.1) is 6.92 Å². The number of halogens is 1. The van der Waals surface area contributed by atoms with Crippen molar-refractivity contribution in [1.29, 1.82) is 0 Å². The van der Waals surface area contributed by atoms with Gasteiger partial charge in [0, 0.05) is 31.2 Å². The number of amides is 1. The number of hydrogen-bond donors (Lipinski definition) is 1. The van der Waals surface area contributed by atoms with Crippen molar-refractivity contribution in [3.8, 4) is 5.75 Å². The van der Waals surface area contributed by atoms with E-state index in [2.05, 4.69) is 48.1 Å². The minimum absolute atomic E-state index is 0.0438. The Labute approximate surface area is 178 Å².